The molecule has 1 aliphatic heterocycles. The Labute approximate surface area is 164 Å². The summed E-state index contributed by atoms with van der Waals surface area (Å²) in [5, 5.41) is 0. The number of rotatable bonds is 3. The number of hydrogen-bond acceptors (Lipinski definition) is 3. The summed E-state index contributed by atoms with van der Waals surface area (Å²) in [4.78, 5) is 14.3. The van der Waals surface area contributed by atoms with Crippen LogP contribution in [0.25, 0.3) is 0 Å². The summed E-state index contributed by atoms with van der Waals surface area (Å²) >= 11 is 0. The molecule has 0 saturated carbocycles. The van der Waals surface area contributed by atoms with Crippen molar-refractivity contribution >= 4 is 27.3 Å². The van der Waals surface area contributed by atoms with Crippen LogP contribution in [0, 0.1) is 6.92 Å². The van der Waals surface area contributed by atoms with Crippen LogP contribution in [0.4, 0.5) is 11.4 Å². The second-order valence-electron chi connectivity index (χ2n) is 6.78. The first kappa shape index (κ1) is 18.3. The molecule has 0 bridgehead atoms. The largest absolute Gasteiger partial charge is 0.284 e. The van der Waals surface area contributed by atoms with Crippen molar-refractivity contribution in [3.05, 3.63) is 90.0 Å². The van der Waals surface area contributed by atoms with E-state index >= 15 is 0 Å². The molecule has 1 unspecified atom stereocenters. The molecule has 5 nitrogen and oxygen atoms in total. The summed E-state index contributed by atoms with van der Waals surface area (Å²) in [6.07, 6.45) is -0.776. The van der Waals surface area contributed by atoms with Crippen molar-refractivity contribution in [2.24, 2.45) is 0 Å². The van der Waals surface area contributed by atoms with Crippen molar-refractivity contribution in [2.45, 2.75) is 24.9 Å². The lowest BCUT2D eigenvalue weighted by Crippen LogP contribution is -2.41. The quantitative estimate of drug-likeness (QED) is 0.669. The number of anilines is 2. The zero-order valence-corrected chi connectivity index (χ0v) is 16.4. The van der Waals surface area contributed by atoms with E-state index in [-0.39, 0.29) is 10.8 Å². The third-order valence-electron chi connectivity index (χ3n) is 4.86. The molecular formula is C22H20N2O3S. The number of carbonyl (C=O) groups excluding carboxylic acids is 1. The van der Waals surface area contributed by atoms with E-state index in [0.717, 1.165) is 11.1 Å². The molecule has 1 atom stereocenters. The van der Waals surface area contributed by atoms with E-state index < -0.39 is 16.2 Å². The number of aryl methyl sites for hydroxylation is 1. The molecule has 142 valence electrons. The third kappa shape index (κ3) is 2.86. The molecule has 0 saturated heterocycles. The molecule has 0 fully saturated rings. The lowest BCUT2D eigenvalue weighted by molar-refractivity contribution is -0.116. The van der Waals surface area contributed by atoms with Gasteiger partial charge in [0.1, 0.15) is 6.17 Å². The second kappa shape index (κ2) is 6.80. The minimum Gasteiger partial charge on any atom is -0.284 e. The molecule has 0 spiro atoms. The predicted octanol–water partition coefficient (Wildman–Crippen LogP) is 4.26. The fraction of sp³-hybridized carbons (Fsp3) is 0.136. The lowest BCUT2D eigenvalue weighted by Gasteiger charge is -2.31. The van der Waals surface area contributed by atoms with E-state index in [0.29, 0.717) is 11.4 Å². The molecule has 0 N–H and O–H groups in total. The summed E-state index contributed by atoms with van der Waals surface area (Å²) < 4.78 is 28.6. The van der Waals surface area contributed by atoms with Crippen molar-refractivity contribution in [3.63, 3.8) is 0 Å². The molecule has 1 heterocycles. The van der Waals surface area contributed by atoms with Crippen LogP contribution >= 0.6 is 0 Å². The zero-order valence-electron chi connectivity index (χ0n) is 15.6. The number of sulfonamides is 1. The Morgan fingerprint density at radius 2 is 1.39 bits per heavy atom. The van der Waals surface area contributed by atoms with E-state index in [2.05, 4.69) is 0 Å². The zero-order chi connectivity index (χ0) is 19.9. The summed E-state index contributed by atoms with van der Waals surface area (Å²) in [5.74, 6) is -0.220. The van der Waals surface area contributed by atoms with Crippen molar-refractivity contribution in [3.8, 4) is 0 Å². The van der Waals surface area contributed by atoms with Gasteiger partial charge in [0.05, 0.1) is 16.3 Å². The molecule has 0 aliphatic carbocycles. The summed E-state index contributed by atoms with van der Waals surface area (Å²) in [7, 11) is -3.89. The summed E-state index contributed by atoms with van der Waals surface area (Å²) in [6, 6.07) is 23.1. The van der Waals surface area contributed by atoms with Crippen LogP contribution in [0.5, 0.6) is 0 Å². The SMILES string of the molecule is CC(=O)N1c2ccccc2N(S(=O)(=O)c2ccc(C)cc2)C1c1ccccc1. The second-order valence-corrected chi connectivity index (χ2v) is 8.59. The molecule has 3 aromatic rings. The lowest BCUT2D eigenvalue weighted by atomic mass is 10.1. The Morgan fingerprint density at radius 1 is 0.821 bits per heavy atom. The fourth-order valence-electron chi connectivity index (χ4n) is 3.56. The van der Waals surface area contributed by atoms with Crippen LogP contribution in [-0.4, -0.2) is 14.3 Å². The monoisotopic (exact) mass is 392 g/mol. The fourth-order valence-corrected chi connectivity index (χ4v) is 5.16. The first-order valence-electron chi connectivity index (χ1n) is 8.96. The Hall–Kier alpha value is -3.12. The van der Waals surface area contributed by atoms with Gasteiger partial charge in [-0.15, -0.1) is 0 Å². The Bertz CT molecular complexity index is 1130. The molecule has 1 aliphatic rings. The highest BCUT2D eigenvalue weighted by atomic mass is 32.2. The molecular weight excluding hydrogens is 372 g/mol. The van der Waals surface area contributed by atoms with Crippen LogP contribution in [0.1, 0.15) is 24.2 Å². The van der Waals surface area contributed by atoms with Crippen LogP contribution in [0.15, 0.2) is 83.8 Å². The van der Waals surface area contributed by atoms with E-state index in [1.807, 2.05) is 37.3 Å². The highest BCUT2D eigenvalue weighted by molar-refractivity contribution is 7.92. The van der Waals surface area contributed by atoms with Gasteiger partial charge in [-0.05, 0) is 36.8 Å². The molecule has 3 aromatic carbocycles. The topological polar surface area (TPSA) is 57.7 Å². The van der Waals surface area contributed by atoms with Crippen molar-refractivity contribution in [2.75, 3.05) is 9.21 Å². The summed E-state index contributed by atoms with van der Waals surface area (Å²) in [5.41, 5.74) is 2.78. The van der Waals surface area contributed by atoms with E-state index in [9.17, 15) is 13.2 Å². The van der Waals surface area contributed by atoms with E-state index in [1.165, 1.54) is 16.1 Å². The Kier molecular flexibility index (Phi) is 4.43. The Balaban J connectivity index is 1.97. The van der Waals surface area contributed by atoms with Gasteiger partial charge >= 0.3 is 0 Å². The van der Waals surface area contributed by atoms with E-state index in [4.69, 9.17) is 0 Å². The minimum atomic E-state index is -3.89. The maximum Gasteiger partial charge on any atom is 0.266 e. The molecule has 1 amide bonds. The van der Waals surface area contributed by atoms with Crippen molar-refractivity contribution in [1.82, 2.24) is 0 Å². The van der Waals surface area contributed by atoms with Gasteiger partial charge in [0.2, 0.25) is 5.91 Å². The minimum absolute atomic E-state index is 0.194. The van der Waals surface area contributed by atoms with Crippen LogP contribution in [0.2, 0.25) is 0 Å². The van der Waals surface area contributed by atoms with Gasteiger partial charge in [-0.2, -0.15) is 0 Å². The van der Waals surface area contributed by atoms with Gasteiger partial charge in [-0.1, -0.05) is 60.2 Å². The molecule has 28 heavy (non-hydrogen) atoms. The number of carbonyl (C=O) groups is 1. The van der Waals surface area contributed by atoms with Gasteiger partial charge in [0.25, 0.3) is 10.0 Å². The van der Waals surface area contributed by atoms with Gasteiger partial charge in [-0.25, -0.2) is 12.7 Å². The highest BCUT2D eigenvalue weighted by Crippen LogP contribution is 2.48. The number of fused-ring (bicyclic) bond motifs is 1. The number of benzene rings is 3. The average Bonchev–Trinajstić information content (AvgIpc) is 3.05. The van der Waals surface area contributed by atoms with E-state index in [1.54, 1.807) is 48.5 Å². The van der Waals surface area contributed by atoms with Crippen LogP contribution in [0.3, 0.4) is 0 Å². The molecule has 0 radical (unpaired) electrons. The first-order valence-corrected chi connectivity index (χ1v) is 10.4. The van der Waals surface area contributed by atoms with Gasteiger partial charge < -0.3 is 0 Å². The third-order valence-corrected chi connectivity index (χ3v) is 6.64. The maximum atomic E-state index is 13.6. The highest BCUT2D eigenvalue weighted by Gasteiger charge is 2.45. The van der Waals surface area contributed by atoms with Gasteiger partial charge in [0, 0.05) is 6.92 Å². The van der Waals surface area contributed by atoms with Crippen LogP contribution < -0.4 is 9.21 Å². The summed E-state index contributed by atoms with van der Waals surface area (Å²) in [6.45, 7) is 3.36. The maximum absolute atomic E-state index is 13.6. The first-order chi connectivity index (χ1) is 13.4. The van der Waals surface area contributed by atoms with Gasteiger partial charge in [-0.3, -0.25) is 9.69 Å². The number of para-hydroxylation sites is 2. The van der Waals surface area contributed by atoms with Crippen molar-refractivity contribution < 1.29 is 13.2 Å². The van der Waals surface area contributed by atoms with Crippen LogP contribution in [-0.2, 0) is 14.8 Å². The molecule has 6 heteroatoms. The number of nitrogens with zero attached hydrogens (tertiary/aromatic N) is 2. The number of amides is 1. The Morgan fingerprint density at radius 3 is 2.00 bits per heavy atom. The van der Waals surface area contributed by atoms with Crippen molar-refractivity contribution in [1.29, 1.82) is 0 Å². The smallest absolute Gasteiger partial charge is 0.266 e. The van der Waals surface area contributed by atoms with Gasteiger partial charge in [0.15, 0.2) is 0 Å². The predicted molar refractivity (Wildman–Crippen MR) is 110 cm³/mol. The standard InChI is InChI=1S/C22H20N2O3S/c1-16-12-14-19(15-13-16)28(26,27)24-21-11-7-6-10-20(21)23(17(2)25)22(24)18-8-4-3-5-9-18/h3-15,22H,1-2H3. The number of hydrogen-bond donors (Lipinski definition) is 0. The average molecular weight is 392 g/mol. The molecule has 4 rings (SSSR count). The molecule has 0 aromatic heterocycles. The normalized spacial score (nSPS) is 16.1.